The second-order valence-corrected chi connectivity index (χ2v) is 5.17. The van der Waals surface area contributed by atoms with E-state index in [4.69, 9.17) is 5.73 Å². The largest absolute Gasteiger partial charge is 0.388 e. The number of piperidine rings is 1. The van der Waals surface area contributed by atoms with Crippen LogP contribution in [0.4, 0.5) is 0 Å². The molecule has 0 bridgehead atoms. The molecule has 2 unspecified atom stereocenters. The van der Waals surface area contributed by atoms with E-state index in [9.17, 15) is 5.11 Å². The monoisotopic (exact) mass is 215 g/mol. The lowest BCUT2D eigenvalue weighted by Gasteiger charge is -2.38. The van der Waals surface area contributed by atoms with Crippen LogP contribution in [-0.2, 0) is 0 Å². The molecule has 2 atom stereocenters. The van der Waals surface area contributed by atoms with Crippen molar-refractivity contribution >= 4 is 0 Å². The molecule has 0 saturated carbocycles. The number of rotatable bonds is 4. The average Bonchev–Trinajstić information content (AvgIpc) is 2.17. The Bertz CT molecular complexity index is 196. The van der Waals surface area contributed by atoms with E-state index in [0.29, 0.717) is 19.1 Å². The highest BCUT2D eigenvalue weighted by Crippen LogP contribution is 2.15. The number of likely N-dealkylation sites (N-methyl/N-ethyl adjacent to an activating group) is 2. The van der Waals surface area contributed by atoms with Gasteiger partial charge in [-0.15, -0.1) is 0 Å². The minimum Gasteiger partial charge on any atom is -0.388 e. The van der Waals surface area contributed by atoms with Gasteiger partial charge in [0.25, 0.3) is 0 Å². The molecular formula is C11H25N3O. The third kappa shape index (κ3) is 4.07. The van der Waals surface area contributed by atoms with Crippen molar-refractivity contribution in [1.82, 2.24) is 9.80 Å². The van der Waals surface area contributed by atoms with Crippen molar-refractivity contribution in [3.05, 3.63) is 0 Å². The molecule has 4 nitrogen and oxygen atoms in total. The maximum atomic E-state index is 9.91. The summed E-state index contributed by atoms with van der Waals surface area (Å²) in [4.78, 5) is 4.59. The van der Waals surface area contributed by atoms with Gasteiger partial charge in [0.2, 0.25) is 0 Å². The Hall–Kier alpha value is -0.160. The van der Waals surface area contributed by atoms with E-state index < -0.39 is 5.60 Å². The molecule has 0 aromatic rings. The van der Waals surface area contributed by atoms with Gasteiger partial charge >= 0.3 is 0 Å². The molecule has 0 aliphatic carbocycles. The molecule has 90 valence electrons. The van der Waals surface area contributed by atoms with Crippen LogP contribution in [-0.4, -0.2) is 66.8 Å². The number of aliphatic hydroxyl groups is 1. The highest BCUT2D eigenvalue weighted by molar-refractivity contribution is 4.83. The second-order valence-electron chi connectivity index (χ2n) is 5.17. The van der Waals surface area contributed by atoms with Crippen LogP contribution in [0.1, 0.15) is 19.8 Å². The predicted octanol–water partition coefficient (Wildman–Crippen LogP) is -0.278. The van der Waals surface area contributed by atoms with E-state index in [1.54, 1.807) is 6.92 Å². The normalized spacial score (nSPS) is 28.0. The molecule has 15 heavy (non-hydrogen) atoms. The summed E-state index contributed by atoms with van der Waals surface area (Å²) in [5.74, 6) is 0. The van der Waals surface area contributed by atoms with E-state index in [1.807, 2.05) is 0 Å². The first-order valence-corrected chi connectivity index (χ1v) is 5.76. The number of hydrogen-bond acceptors (Lipinski definition) is 4. The molecule has 0 spiro atoms. The van der Waals surface area contributed by atoms with Crippen LogP contribution in [0.25, 0.3) is 0 Å². The number of likely N-dealkylation sites (tertiary alicyclic amines) is 1. The van der Waals surface area contributed by atoms with E-state index in [1.165, 1.54) is 19.4 Å². The van der Waals surface area contributed by atoms with Crippen LogP contribution in [0.5, 0.6) is 0 Å². The fraction of sp³-hybridized carbons (Fsp3) is 1.00. The lowest BCUT2D eigenvalue weighted by atomic mass is 10.0. The van der Waals surface area contributed by atoms with Crippen molar-refractivity contribution in [1.29, 1.82) is 0 Å². The predicted molar refractivity (Wildman–Crippen MR) is 62.8 cm³/mol. The van der Waals surface area contributed by atoms with Gasteiger partial charge in [0.05, 0.1) is 5.60 Å². The van der Waals surface area contributed by atoms with Crippen molar-refractivity contribution in [3.8, 4) is 0 Å². The quantitative estimate of drug-likeness (QED) is 0.677. The fourth-order valence-corrected chi connectivity index (χ4v) is 2.23. The summed E-state index contributed by atoms with van der Waals surface area (Å²) >= 11 is 0. The molecule has 0 amide bonds. The fourth-order valence-electron chi connectivity index (χ4n) is 2.23. The number of nitrogens with two attached hydrogens (primary N) is 1. The summed E-state index contributed by atoms with van der Waals surface area (Å²) in [6, 6.07) is 0.557. The minimum absolute atomic E-state index is 0.319. The smallest absolute Gasteiger partial charge is 0.0867 e. The standard InChI is InChI=1S/C11H25N3O/c1-11(15,8-12)9-14(3)10-5-4-6-13(2)7-10/h10,15H,4-9,12H2,1-3H3. The first-order chi connectivity index (χ1) is 6.94. The second kappa shape index (κ2) is 5.25. The summed E-state index contributed by atoms with van der Waals surface area (Å²) in [6.07, 6.45) is 2.47. The highest BCUT2D eigenvalue weighted by Gasteiger charge is 2.26. The third-order valence-corrected chi connectivity index (χ3v) is 3.25. The molecule has 0 radical (unpaired) electrons. The average molecular weight is 215 g/mol. The van der Waals surface area contributed by atoms with Gasteiger partial charge in [-0.25, -0.2) is 0 Å². The molecule has 0 aromatic carbocycles. The van der Waals surface area contributed by atoms with Gasteiger partial charge in [-0.2, -0.15) is 0 Å². The maximum absolute atomic E-state index is 9.91. The van der Waals surface area contributed by atoms with Crippen LogP contribution in [0.15, 0.2) is 0 Å². The molecule has 0 aromatic heterocycles. The first kappa shape index (κ1) is 12.9. The Balaban J connectivity index is 2.42. The Morgan fingerprint density at radius 3 is 2.80 bits per heavy atom. The zero-order valence-electron chi connectivity index (χ0n) is 10.2. The van der Waals surface area contributed by atoms with Gasteiger partial charge in [0.1, 0.15) is 0 Å². The number of nitrogens with zero attached hydrogens (tertiary/aromatic N) is 2. The summed E-state index contributed by atoms with van der Waals surface area (Å²) in [7, 11) is 4.23. The molecule has 1 heterocycles. The van der Waals surface area contributed by atoms with Crippen molar-refractivity contribution in [2.75, 3.05) is 40.3 Å². The Morgan fingerprint density at radius 2 is 2.27 bits per heavy atom. The van der Waals surface area contributed by atoms with Crippen molar-refractivity contribution in [3.63, 3.8) is 0 Å². The zero-order chi connectivity index (χ0) is 11.5. The molecule has 1 fully saturated rings. The Labute approximate surface area is 93.0 Å². The molecule has 1 aliphatic rings. The van der Waals surface area contributed by atoms with Crippen LogP contribution in [0.2, 0.25) is 0 Å². The van der Waals surface area contributed by atoms with Gasteiger partial charge < -0.3 is 15.7 Å². The molecule has 3 N–H and O–H groups in total. The van der Waals surface area contributed by atoms with Crippen molar-refractivity contribution in [2.45, 2.75) is 31.4 Å². The van der Waals surface area contributed by atoms with E-state index in [-0.39, 0.29) is 0 Å². The van der Waals surface area contributed by atoms with Gasteiger partial charge in [-0.05, 0) is 40.4 Å². The van der Waals surface area contributed by atoms with Gasteiger partial charge in [-0.1, -0.05) is 0 Å². The lowest BCUT2D eigenvalue weighted by molar-refractivity contribution is 0.0114. The van der Waals surface area contributed by atoms with Crippen LogP contribution in [0, 0.1) is 0 Å². The molecule has 1 rings (SSSR count). The summed E-state index contributed by atoms with van der Waals surface area (Å²) in [5, 5.41) is 9.91. The molecule has 1 saturated heterocycles. The topological polar surface area (TPSA) is 52.7 Å². The van der Waals surface area contributed by atoms with E-state index >= 15 is 0 Å². The van der Waals surface area contributed by atoms with Gasteiger partial charge in [0.15, 0.2) is 0 Å². The lowest BCUT2D eigenvalue weighted by Crippen LogP contribution is -2.52. The number of hydrogen-bond donors (Lipinski definition) is 2. The van der Waals surface area contributed by atoms with E-state index in [2.05, 4.69) is 23.9 Å². The highest BCUT2D eigenvalue weighted by atomic mass is 16.3. The molecule has 1 aliphatic heterocycles. The summed E-state index contributed by atoms with van der Waals surface area (Å²) < 4.78 is 0. The molecule has 4 heteroatoms. The van der Waals surface area contributed by atoms with E-state index in [0.717, 1.165) is 6.54 Å². The SMILES string of the molecule is CN1CCCC(N(C)CC(C)(O)CN)C1. The zero-order valence-corrected chi connectivity index (χ0v) is 10.2. The Kier molecular flexibility index (Phi) is 4.52. The first-order valence-electron chi connectivity index (χ1n) is 5.76. The van der Waals surface area contributed by atoms with Crippen molar-refractivity contribution in [2.24, 2.45) is 5.73 Å². The summed E-state index contributed by atoms with van der Waals surface area (Å²) in [5.41, 5.74) is 4.77. The summed E-state index contributed by atoms with van der Waals surface area (Å²) in [6.45, 7) is 5.06. The third-order valence-electron chi connectivity index (χ3n) is 3.25. The van der Waals surface area contributed by atoms with Crippen LogP contribution in [0.3, 0.4) is 0 Å². The minimum atomic E-state index is -0.759. The van der Waals surface area contributed by atoms with Gasteiger partial charge in [-0.3, -0.25) is 4.90 Å². The molecular weight excluding hydrogens is 190 g/mol. The van der Waals surface area contributed by atoms with Crippen LogP contribution >= 0.6 is 0 Å². The maximum Gasteiger partial charge on any atom is 0.0867 e. The van der Waals surface area contributed by atoms with Crippen LogP contribution < -0.4 is 5.73 Å². The van der Waals surface area contributed by atoms with Gasteiger partial charge in [0, 0.05) is 25.7 Å². The van der Waals surface area contributed by atoms with Crippen molar-refractivity contribution < 1.29 is 5.11 Å². The Morgan fingerprint density at radius 1 is 1.60 bits per heavy atom.